The van der Waals surface area contributed by atoms with E-state index in [2.05, 4.69) is 16.4 Å². The van der Waals surface area contributed by atoms with Crippen molar-refractivity contribution in [1.82, 2.24) is 10.3 Å². The molecule has 0 radical (unpaired) electrons. The lowest BCUT2D eigenvalue weighted by molar-refractivity contribution is -0.122. The minimum absolute atomic E-state index is 0.0917. The number of furan rings is 1. The van der Waals surface area contributed by atoms with E-state index in [1.165, 1.54) is 6.26 Å². The highest BCUT2D eigenvalue weighted by Gasteiger charge is 2.26. The van der Waals surface area contributed by atoms with Crippen LogP contribution in [0.1, 0.15) is 24.7 Å². The summed E-state index contributed by atoms with van der Waals surface area (Å²) in [7, 11) is 0. The summed E-state index contributed by atoms with van der Waals surface area (Å²) in [5, 5.41) is 14.2. The fraction of sp³-hybridized carbons (Fsp3) is 0.278. The molecule has 0 aliphatic carbocycles. The number of H-pyrrole nitrogens is 1. The maximum absolute atomic E-state index is 12.0. The van der Waals surface area contributed by atoms with Gasteiger partial charge >= 0.3 is 0 Å². The number of aryl methyl sites for hydroxylation is 1. The number of aromatic nitrogens is 1. The molecule has 0 aliphatic heterocycles. The molecule has 0 spiro atoms. The van der Waals surface area contributed by atoms with E-state index >= 15 is 0 Å². The van der Waals surface area contributed by atoms with Gasteiger partial charge in [-0.15, -0.1) is 0 Å². The Morgan fingerprint density at radius 3 is 3.00 bits per heavy atom. The molecule has 120 valence electrons. The molecule has 0 saturated heterocycles. The molecular weight excluding hydrogens is 292 g/mol. The number of fused-ring (bicyclic) bond motifs is 1. The van der Waals surface area contributed by atoms with E-state index in [4.69, 9.17) is 4.42 Å². The molecule has 0 aliphatic rings. The Hall–Kier alpha value is -2.53. The number of nitrogens with one attached hydrogen (secondary N) is 2. The predicted molar refractivity (Wildman–Crippen MR) is 87.9 cm³/mol. The standard InChI is InChI=1S/C18H20N2O3/c1-18(22,16-3-2-10-23-16)12-20-17(21)7-5-13-4-6-15-14(11-13)8-9-19-15/h2-4,6,8-11,19,22H,5,7,12H2,1H3,(H,20,21). The summed E-state index contributed by atoms with van der Waals surface area (Å²) in [6.07, 6.45) is 4.45. The molecule has 3 N–H and O–H groups in total. The average molecular weight is 312 g/mol. The van der Waals surface area contributed by atoms with Crippen LogP contribution >= 0.6 is 0 Å². The zero-order chi connectivity index (χ0) is 16.3. The molecule has 1 aromatic carbocycles. The van der Waals surface area contributed by atoms with Crippen molar-refractivity contribution in [2.75, 3.05) is 6.54 Å². The van der Waals surface area contributed by atoms with Crippen LogP contribution in [0.15, 0.2) is 53.3 Å². The van der Waals surface area contributed by atoms with E-state index < -0.39 is 5.60 Å². The summed E-state index contributed by atoms with van der Waals surface area (Å²) < 4.78 is 5.19. The van der Waals surface area contributed by atoms with Crippen LogP contribution in [0.2, 0.25) is 0 Å². The molecule has 5 nitrogen and oxygen atoms in total. The van der Waals surface area contributed by atoms with Crippen LogP contribution in [0.5, 0.6) is 0 Å². The first-order chi connectivity index (χ1) is 11.0. The highest BCUT2D eigenvalue weighted by atomic mass is 16.4. The first kappa shape index (κ1) is 15.4. The van der Waals surface area contributed by atoms with Crippen molar-refractivity contribution in [1.29, 1.82) is 0 Å². The van der Waals surface area contributed by atoms with Gasteiger partial charge in [0.05, 0.1) is 12.8 Å². The summed E-state index contributed by atoms with van der Waals surface area (Å²) in [5.41, 5.74) is 1.00. The predicted octanol–water partition coefficient (Wildman–Crippen LogP) is 2.72. The van der Waals surface area contributed by atoms with Gasteiger partial charge in [0.15, 0.2) is 0 Å². The second-order valence-electron chi connectivity index (χ2n) is 5.93. The van der Waals surface area contributed by atoms with E-state index in [-0.39, 0.29) is 12.5 Å². The smallest absolute Gasteiger partial charge is 0.220 e. The van der Waals surface area contributed by atoms with Crippen LogP contribution in [0.4, 0.5) is 0 Å². The third-order valence-electron chi connectivity index (χ3n) is 3.94. The molecule has 2 aromatic heterocycles. The number of hydrogen-bond donors (Lipinski definition) is 3. The number of rotatable bonds is 6. The van der Waals surface area contributed by atoms with Crippen molar-refractivity contribution >= 4 is 16.8 Å². The molecule has 3 aromatic rings. The van der Waals surface area contributed by atoms with Gasteiger partial charge in [-0.2, -0.15) is 0 Å². The maximum atomic E-state index is 12.0. The Bertz CT molecular complexity index is 788. The Labute approximate surface area is 134 Å². The lowest BCUT2D eigenvalue weighted by atomic mass is 10.0. The molecule has 1 atom stereocenters. The van der Waals surface area contributed by atoms with Gasteiger partial charge in [-0.1, -0.05) is 6.07 Å². The molecular formula is C18H20N2O3. The molecule has 1 unspecified atom stereocenters. The minimum Gasteiger partial charge on any atom is -0.466 e. The van der Waals surface area contributed by atoms with E-state index in [1.807, 2.05) is 24.4 Å². The van der Waals surface area contributed by atoms with Crippen LogP contribution < -0.4 is 5.32 Å². The number of amides is 1. The topological polar surface area (TPSA) is 78.3 Å². The van der Waals surface area contributed by atoms with Gasteiger partial charge in [0.2, 0.25) is 5.91 Å². The van der Waals surface area contributed by atoms with Crippen LogP contribution in [0.25, 0.3) is 10.9 Å². The lowest BCUT2D eigenvalue weighted by Crippen LogP contribution is -2.38. The number of aromatic amines is 1. The maximum Gasteiger partial charge on any atom is 0.220 e. The number of aliphatic hydroxyl groups is 1. The Morgan fingerprint density at radius 2 is 2.22 bits per heavy atom. The SMILES string of the molecule is CC(O)(CNC(=O)CCc1ccc2[nH]ccc2c1)c1ccco1. The van der Waals surface area contributed by atoms with Crippen molar-refractivity contribution < 1.29 is 14.3 Å². The van der Waals surface area contributed by atoms with Crippen LogP contribution in [-0.2, 0) is 16.8 Å². The summed E-state index contributed by atoms with van der Waals surface area (Å²) >= 11 is 0. The second kappa shape index (κ2) is 6.30. The number of hydrogen-bond acceptors (Lipinski definition) is 3. The van der Waals surface area contributed by atoms with E-state index in [9.17, 15) is 9.90 Å². The molecule has 0 fully saturated rings. The van der Waals surface area contributed by atoms with Crippen molar-refractivity contribution in [3.05, 3.63) is 60.2 Å². The fourth-order valence-electron chi connectivity index (χ4n) is 2.55. The van der Waals surface area contributed by atoms with Gasteiger partial charge in [-0.3, -0.25) is 4.79 Å². The first-order valence-electron chi connectivity index (χ1n) is 7.64. The molecule has 1 amide bonds. The molecule has 5 heteroatoms. The normalized spacial score (nSPS) is 13.8. The lowest BCUT2D eigenvalue weighted by Gasteiger charge is -2.21. The van der Waals surface area contributed by atoms with Gasteiger partial charge < -0.3 is 19.8 Å². The zero-order valence-corrected chi connectivity index (χ0v) is 13.0. The van der Waals surface area contributed by atoms with Crippen molar-refractivity contribution in [3.8, 4) is 0 Å². The van der Waals surface area contributed by atoms with Crippen molar-refractivity contribution in [2.45, 2.75) is 25.4 Å². The summed E-state index contributed by atoms with van der Waals surface area (Å²) in [6.45, 7) is 1.74. The third-order valence-corrected chi connectivity index (χ3v) is 3.94. The van der Waals surface area contributed by atoms with Gasteiger partial charge in [0.25, 0.3) is 0 Å². The molecule has 0 bridgehead atoms. The summed E-state index contributed by atoms with van der Waals surface area (Å²) in [5.74, 6) is 0.349. The van der Waals surface area contributed by atoms with Crippen LogP contribution in [0, 0.1) is 0 Å². The number of carbonyl (C=O) groups excluding carboxylic acids is 1. The zero-order valence-electron chi connectivity index (χ0n) is 13.0. The summed E-state index contributed by atoms with van der Waals surface area (Å²) in [6, 6.07) is 11.5. The van der Waals surface area contributed by atoms with Crippen molar-refractivity contribution in [3.63, 3.8) is 0 Å². The molecule has 23 heavy (non-hydrogen) atoms. The third kappa shape index (κ3) is 3.63. The fourth-order valence-corrected chi connectivity index (χ4v) is 2.55. The first-order valence-corrected chi connectivity index (χ1v) is 7.64. The van der Waals surface area contributed by atoms with Gasteiger partial charge in [0, 0.05) is 18.1 Å². The second-order valence-corrected chi connectivity index (χ2v) is 5.93. The van der Waals surface area contributed by atoms with E-state index in [0.717, 1.165) is 16.5 Å². The summed E-state index contributed by atoms with van der Waals surface area (Å²) in [4.78, 5) is 15.1. The van der Waals surface area contributed by atoms with Crippen molar-refractivity contribution in [2.24, 2.45) is 0 Å². The number of benzene rings is 1. The van der Waals surface area contributed by atoms with Gasteiger partial charge in [-0.25, -0.2) is 0 Å². The van der Waals surface area contributed by atoms with E-state index in [1.54, 1.807) is 19.1 Å². The molecule has 2 heterocycles. The van der Waals surface area contributed by atoms with E-state index in [0.29, 0.717) is 18.6 Å². The quantitative estimate of drug-likeness (QED) is 0.655. The highest BCUT2D eigenvalue weighted by Crippen LogP contribution is 2.20. The Balaban J connectivity index is 1.51. The van der Waals surface area contributed by atoms with Crippen LogP contribution in [-0.4, -0.2) is 22.5 Å². The Morgan fingerprint density at radius 1 is 1.35 bits per heavy atom. The highest BCUT2D eigenvalue weighted by molar-refractivity contribution is 5.80. The van der Waals surface area contributed by atoms with Crippen LogP contribution in [0.3, 0.4) is 0 Å². The monoisotopic (exact) mass is 312 g/mol. The molecule has 3 rings (SSSR count). The average Bonchev–Trinajstić information content (AvgIpc) is 3.21. The van der Waals surface area contributed by atoms with Gasteiger partial charge in [-0.05, 0) is 54.6 Å². The largest absolute Gasteiger partial charge is 0.466 e. The van der Waals surface area contributed by atoms with Gasteiger partial charge in [0.1, 0.15) is 11.4 Å². The Kier molecular flexibility index (Phi) is 4.21. The minimum atomic E-state index is -1.21. The molecule has 0 saturated carbocycles. The number of carbonyl (C=O) groups is 1.